The van der Waals surface area contributed by atoms with E-state index >= 15 is 0 Å². The Balaban J connectivity index is 1.73. The van der Waals surface area contributed by atoms with Crippen LogP contribution >= 0.6 is 0 Å². The molecule has 10 atom stereocenters. The molecule has 0 bridgehead atoms. The average Bonchev–Trinajstić information content (AvgIpc) is 2.81. The molecule has 2 saturated heterocycles. The molecule has 144 valence electrons. The van der Waals surface area contributed by atoms with E-state index in [1.165, 1.54) is 0 Å². The highest BCUT2D eigenvalue weighted by Gasteiger charge is 2.54. The van der Waals surface area contributed by atoms with E-state index in [0.29, 0.717) is 6.42 Å². The minimum atomic E-state index is -1.55. The summed E-state index contributed by atoms with van der Waals surface area (Å²) in [6.07, 6.45) is -7.61. The van der Waals surface area contributed by atoms with Gasteiger partial charge in [0.1, 0.15) is 30.5 Å². The molecule has 3 rings (SSSR count). The number of rotatable bonds is 3. The zero-order valence-electron chi connectivity index (χ0n) is 14.2. The van der Waals surface area contributed by atoms with Crippen molar-refractivity contribution in [2.75, 3.05) is 6.61 Å². The van der Waals surface area contributed by atoms with Gasteiger partial charge in [-0.05, 0) is 13.3 Å². The maximum atomic E-state index is 11.8. The number of aliphatic hydroxyl groups excluding tert-OH is 4. The Labute approximate surface area is 145 Å². The van der Waals surface area contributed by atoms with Crippen LogP contribution in [0.25, 0.3) is 0 Å². The van der Waals surface area contributed by atoms with Crippen LogP contribution < -0.4 is 0 Å². The molecule has 0 unspecified atom stereocenters. The highest BCUT2D eigenvalue weighted by molar-refractivity contribution is 5.75. The molecule has 2 heterocycles. The summed E-state index contributed by atoms with van der Waals surface area (Å²) < 4.78 is 16.4. The third-order valence-electron chi connectivity index (χ3n) is 5.70. The van der Waals surface area contributed by atoms with Gasteiger partial charge < -0.3 is 39.7 Å². The lowest BCUT2D eigenvalue weighted by Crippen LogP contribution is -2.61. The first kappa shape index (κ1) is 19.0. The first-order chi connectivity index (χ1) is 11.7. The van der Waals surface area contributed by atoms with Crippen molar-refractivity contribution in [3.05, 3.63) is 0 Å². The van der Waals surface area contributed by atoms with E-state index < -0.39 is 49.0 Å². The Morgan fingerprint density at radius 2 is 1.92 bits per heavy atom. The summed E-state index contributed by atoms with van der Waals surface area (Å²) in [6, 6.07) is 0. The minimum absolute atomic E-state index is 0.123. The number of esters is 1. The maximum absolute atomic E-state index is 11.8. The van der Waals surface area contributed by atoms with Gasteiger partial charge in [0.15, 0.2) is 6.29 Å². The quantitative estimate of drug-likeness (QED) is 0.356. The van der Waals surface area contributed by atoms with Gasteiger partial charge in [0.05, 0.1) is 24.2 Å². The van der Waals surface area contributed by atoms with E-state index in [1.807, 2.05) is 0 Å². The first-order valence-corrected chi connectivity index (χ1v) is 8.54. The number of hydrogen-bond acceptors (Lipinski definition) is 9. The lowest BCUT2D eigenvalue weighted by molar-refractivity contribution is -0.328. The Kier molecular flexibility index (Phi) is 5.11. The van der Waals surface area contributed by atoms with Crippen molar-refractivity contribution >= 4 is 5.97 Å². The van der Waals surface area contributed by atoms with Gasteiger partial charge in [-0.15, -0.1) is 0 Å². The second-order valence-electron chi connectivity index (χ2n) is 7.55. The SMILES string of the molecule is C[C@H]1C(=O)O[C@@H]2C[C@](C)(O)[C@@H](O[C@@H]3O[C@H](CO)[C@@H](O)[C@H](O)[C@H]3O)C[C@@H]21. The average molecular weight is 362 g/mol. The molecule has 3 aliphatic rings. The fraction of sp³-hybridized carbons (Fsp3) is 0.938. The summed E-state index contributed by atoms with van der Waals surface area (Å²) in [4.78, 5) is 11.8. The van der Waals surface area contributed by atoms with Crippen molar-refractivity contribution in [2.45, 2.75) is 75.2 Å². The predicted molar refractivity (Wildman–Crippen MR) is 81.0 cm³/mol. The van der Waals surface area contributed by atoms with Crippen LogP contribution in [0.15, 0.2) is 0 Å². The van der Waals surface area contributed by atoms with Crippen LogP contribution in [-0.4, -0.2) is 86.6 Å². The van der Waals surface area contributed by atoms with Crippen molar-refractivity contribution in [3.8, 4) is 0 Å². The molecule has 0 spiro atoms. The van der Waals surface area contributed by atoms with Crippen LogP contribution in [0, 0.1) is 11.8 Å². The van der Waals surface area contributed by atoms with Crippen molar-refractivity contribution in [1.82, 2.24) is 0 Å². The van der Waals surface area contributed by atoms with Gasteiger partial charge in [-0.25, -0.2) is 0 Å². The number of fused-ring (bicyclic) bond motifs is 1. The standard InChI is InChI=1S/C16H26O9/c1-6-7-3-10(16(2,22)4-8(7)23-14(6)21)25-15-13(20)12(19)11(18)9(5-17)24-15/h6-13,15,17-20,22H,3-5H2,1-2H3/t6-,7-,8-,9-,10+,11-,12+,13-,15+,16+/m1/s1. The molecule has 0 radical (unpaired) electrons. The summed E-state index contributed by atoms with van der Waals surface area (Å²) in [5.41, 5.74) is -1.33. The molecular weight excluding hydrogens is 336 g/mol. The van der Waals surface area contributed by atoms with Crippen molar-refractivity contribution in [2.24, 2.45) is 11.8 Å². The predicted octanol–water partition coefficient (Wildman–Crippen LogP) is -2.11. The van der Waals surface area contributed by atoms with E-state index in [4.69, 9.17) is 14.2 Å². The Hall–Kier alpha value is -0.810. The molecule has 0 aromatic rings. The highest BCUT2D eigenvalue weighted by atomic mass is 16.7. The van der Waals surface area contributed by atoms with E-state index in [1.54, 1.807) is 13.8 Å². The molecule has 0 aromatic carbocycles. The van der Waals surface area contributed by atoms with Gasteiger partial charge in [-0.1, -0.05) is 6.92 Å². The Morgan fingerprint density at radius 3 is 2.56 bits per heavy atom. The fourth-order valence-electron chi connectivity index (χ4n) is 3.97. The van der Waals surface area contributed by atoms with Gasteiger partial charge in [0.25, 0.3) is 0 Å². The maximum Gasteiger partial charge on any atom is 0.309 e. The number of aliphatic hydroxyl groups is 5. The molecule has 0 amide bonds. The largest absolute Gasteiger partial charge is 0.462 e. The molecular formula is C16H26O9. The van der Waals surface area contributed by atoms with Crippen molar-refractivity contribution < 1.29 is 44.5 Å². The van der Waals surface area contributed by atoms with Gasteiger partial charge in [-0.2, -0.15) is 0 Å². The number of carbonyl (C=O) groups excluding carboxylic acids is 1. The number of hydrogen-bond donors (Lipinski definition) is 5. The van der Waals surface area contributed by atoms with Crippen LogP contribution in [0.2, 0.25) is 0 Å². The van der Waals surface area contributed by atoms with E-state index in [9.17, 15) is 30.3 Å². The summed E-state index contributed by atoms with van der Waals surface area (Å²) in [6.45, 7) is 2.75. The Bertz CT molecular complexity index is 508. The molecule has 5 N–H and O–H groups in total. The molecule has 1 aliphatic carbocycles. The highest BCUT2D eigenvalue weighted by Crippen LogP contribution is 2.44. The molecule has 2 aliphatic heterocycles. The van der Waals surface area contributed by atoms with Crippen LogP contribution in [-0.2, 0) is 19.0 Å². The molecule has 3 fully saturated rings. The molecule has 25 heavy (non-hydrogen) atoms. The summed E-state index contributed by atoms with van der Waals surface area (Å²) in [5.74, 6) is -0.746. The van der Waals surface area contributed by atoms with Gasteiger partial charge in [0, 0.05) is 12.3 Å². The smallest absolute Gasteiger partial charge is 0.309 e. The molecule has 0 aromatic heterocycles. The van der Waals surface area contributed by atoms with Crippen LogP contribution in [0.4, 0.5) is 0 Å². The van der Waals surface area contributed by atoms with Gasteiger partial charge >= 0.3 is 5.97 Å². The van der Waals surface area contributed by atoms with Crippen molar-refractivity contribution in [1.29, 1.82) is 0 Å². The lowest BCUT2D eigenvalue weighted by Gasteiger charge is -2.46. The third-order valence-corrected chi connectivity index (χ3v) is 5.70. The number of carbonyl (C=O) groups is 1. The zero-order chi connectivity index (χ0) is 18.5. The van der Waals surface area contributed by atoms with Crippen molar-refractivity contribution in [3.63, 3.8) is 0 Å². The van der Waals surface area contributed by atoms with Crippen LogP contribution in [0.3, 0.4) is 0 Å². The fourth-order valence-corrected chi connectivity index (χ4v) is 3.97. The lowest BCUT2D eigenvalue weighted by atomic mass is 9.72. The second kappa shape index (κ2) is 6.73. The third kappa shape index (κ3) is 3.30. The summed E-state index contributed by atoms with van der Waals surface area (Å²) in [7, 11) is 0. The van der Waals surface area contributed by atoms with Crippen LogP contribution in [0.1, 0.15) is 26.7 Å². The monoisotopic (exact) mass is 362 g/mol. The second-order valence-corrected chi connectivity index (χ2v) is 7.55. The van der Waals surface area contributed by atoms with Gasteiger partial charge in [0.2, 0.25) is 0 Å². The molecule has 1 saturated carbocycles. The minimum Gasteiger partial charge on any atom is -0.462 e. The van der Waals surface area contributed by atoms with Gasteiger partial charge in [-0.3, -0.25) is 4.79 Å². The summed E-state index contributed by atoms with van der Waals surface area (Å²) in [5, 5.41) is 49.7. The normalized spacial score (nSPS) is 53.4. The van der Waals surface area contributed by atoms with Crippen LogP contribution in [0.5, 0.6) is 0 Å². The molecule has 9 nitrogen and oxygen atoms in total. The number of ether oxygens (including phenoxy) is 3. The zero-order valence-corrected chi connectivity index (χ0v) is 14.2. The topological polar surface area (TPSA) is 146 Å². The van der Waals surface area contributed by atoms with E-state index in [-0.39, 0.29) is 30.3 Å². The van der Waals surface area contributed by atoms with E-state index in [2.05, 4.69) is 0 Å². The molecule has 9 heteroatoms. The Morgan fingerprint density at radius 1 is 1.24 bits per heavy atom. The summed E-state index contributed by atoms with van der Waals surface area (Å²) >= 11 is 0. The first-order valence-electron chi connectivity index (χ1n) is 8.54. The van der Waals surface area contributed by atoms with E-state index in [0.717, 1.165) is 0 Å².